The molecule has 18 heavy (non-hydrogen) atoms. The van der Waals surface area contributed by atoms with Crippen LogP contribution in [0.3, 0.4) is 0 Å². The van der Waals surface area contributed by atoms with Crippen molar-refractivity contribution in [2.24, 2.45) is 5.73 Å². The molecule has 2 unspecified atom stereocenters. The maximum atomic E-state index is 11.4. The molecule has 0 aromatic heterocycles. The maximum absolute atomic E-state index is 11.4. The van der Waals surface area contributed by atoms with E-state index in [1.165, 1.54) is 7.11 Å². The lowest BCUT2D eigenvalue weighted by molar-refractivity contribution is -0.146. The molecule has 0 aliphatic carbocycles. The van der Waals surface area contributed by atoms with Gasteiger partial charge in [0.25, 0.3) is 0 Å². The topological polar surface area (TPSA) is 58.8 Å². The average molecular weight is 257 g/mol. The predicted octanol–water partition coefficient (Wildman–Crippen LogP) is 0.293. The summed E-state index contributed by atoms with van der Waals surface area (Å²) in [7, 11) is 3.55. The van der Waals surface area contributed by atoms with E-state index in [-0.39, 0.29) is 5.97 Å². The van der Waals surface area contributed by atoms with Crippen LogP contribution >= 0.6 is 0 Å². The summed E-state index contributed by atoms with van der Waals surface area (Å²) >= 11 is 0. The van der Waals surface area contributed by atoms with Crippen LogP contribution in [-0.4, -0.2) is 67.7 Å². The van der Waals surface area contributed by atoms with Crippen LogP contribution in [0.4, 0.5) is 0 Å². The molecule has 0 aromatic carbocycles. The number of esters is 1. The minimum atomic E-state index is -0.854. The number of piperazine rings is 1. The van der Waals surface area contributed by atoms with E-state index in [1.54, 1.807) is 6.92 Å². The zero-order chi connectivity index (χ0) is 13.8. The van der Waals surface area contributed by atoms with Crippen molar-refractivity contribution < 1.29 is 9.53 Å². The first-order valence-electron chi connectivity index (χ1n) is 6.66. The maximum Gasteiger partial charge on any atom is 0.325 e. The number of ether oxygens (including phenoxy) is 1. The molecule has 0 bridgehead atoms. The summed E-state index contributed by atoms with van der Waals surface area (Å²) in [6.07, 6.45) is 1.60. The van der Waals surface area contributed by atoms with Gasteiger partial charge in [0.15, 0.2) is 0 Å². The molecule has 5 nitrogen and oxygen atoms in total. The smallest absolute Gasteiger partial charge is 0.325 e. The van der Waals surface area contributed by atoms with Gasteiger partial charge in [0.2, 0.25) is 0 Å². The van der Waals surface area contributed by atoms with Gasteiger partial charge in [-0.25, -0.2) is 0 Å². The van der Waals surface area contributed by atoms with Crippen LogP contribution in [0.1, 0.15) is 26.7 Å². The van der Waals surface area contributed by atoms with Crippen molar-refractivity contribution in [3.05, 3.63) is 0 Å². The van der Waals surface area contributed by atoms with Crippen molar-refractivity contribution in [1.82, 2.24) is 9.80 Å². The Kier molecular flexibility index (Phi) is 5.56. The fraction of sp³-hybridized carbons (Fsp3) is 0.923. The van der Waals surface area contributed by atoms with Gasteiger partial charge in [0.1, 0.15) is 5.54 Å². The standard InChI is InChI=1S/C13H27N3O2/c1-11-10-16(9-8-15(11)3)7-5-6-13(2,14)12(17)18-4/h11H,5-10,14H2,1-4H3. The molecular weight excluding hydrogens is 230 g/mol. The molecule has 2 N–H and O–H groups in total. The third-order valence-corrected chi connectivity index (χ3v) is 3.87. The minimum absolute atomic E-state index is 0.325. The number of hydrogen-bond donors (Lipinski definition) is 1. The van der Waals surface area contributed by atoms with Crippen molar-refractivity contribution >= 4 is 5.97 Å². The predicted molar refractivity (Wildman–Crippen MR) is 72.4 cm³/mol. The average Bonchev–Trinajstić information content (AvgIpc) is 2.32. The molecule has 2 atom stereocenters. The Morgan fingerprint density at radius 1 is 1.50 bits per heavy atom. The molecule has 0 amide bonds. The second-order valence-corrected chi connectivity index (χ2v) is 5.64. The Bertz CT molecular complexity index is 281. The Labute approximate surface area is 110 Å². The number of hydrogen-bond acceptors (Lipinski definition) is 5. The lowest BCUT2D eigenvalue weighted by atomic mass is 9.97. The highest BCUT2D eigenvalue weighted by Crippen LogP contribution is 2.13. The Hall–Kier alpha value is -0.650. The highest BCUT2D eigenvalue weighted by molar-refractivity contribution is 5.79. The first kappa shape index (κ1) is 15.4. The second kappa shape index (κ2) is 6.50. The van der Waals surface area contributed by atoms with Crippen LogP contribution in [0, 0.1) is 0 Å². The number of rotatable bonds is 5. The SMILES string of the molecule is COC(=O)C(C)(N)CCCN1CCN(C)C(C)C1. The monoisotopic (exact) mass is 257 g/mol. The fourth-order valence-electron chi connectivity index (χ4n) is 2.33. The normalized spacial score (nSPS) is 25.7. The molecule has 5 heteroatoms. The first-order chi connectivity index (χ1) is 8.36. The van der Waals surface area contributed by atoms with Crippen LogP contribution in [0.2, 0.25) is 0 Å². The molecule has 0 spiro atoms. The fourth-order valence-corrected chi connectivity index (χ4v) is 2.33. The van der Waals surface area contributed by atoms with Gasteiger partial charge in [-0.3, -0.25) is 4.79 Å². The zero-order valence-corrected chi connectivity index (χ0v) is 12.1. The summed E-state index contributed by atoms with van der Waals surface area (Å²) in [4.78, 5) is 16.3. The van der Waals surface area contributed by atoms with Gasteiger partial charge in [-0.1, -0.05) is 0 Å². The molecule has 0 saturated carbocycles. The lowest BCUT2D eigenvalue weighted by Gasteiger charge is -2.38. The summed E-state index contributed by atoms with van der Waals surface area (Å²) in [5.74, 6) is -0.325. The third-order valence-electron chi connectivity index (χ3n) is 3.87. The largest absolute Gasteiger partial charge is 0.468 e. The van der Waals surface area contributed by atoms with Gasteiger partial charge in [-0.2, -0.15) is 0 Å². The van der Waals surface area contributed by atoms with Gasteiger partial charge >= 0.3 is 5.97 Å². The van der Waals surface area contributed by atoms with Gasteiger partial charge in [-0.15, -0.1) is 0 Å². The van der Waals surface area contributed by atoms with Crippen molar-refractivity contribution in [1.29, 1.82) is 0 Å². The van der Waals surface area contributed by atoms with Crippen LogP contribution in [-0.2, 0) is 9.53 Å². The number of carbonyl (C=O) groups is 1. The van der Waals surface area contributed by atoms with E-state index in [9.17, 15) is 4.79 Å². The van der Waals surface area contributed by atoms with Crippen LogP contribution < -0.4 is 5.73 Å². The van der Waals surface area contributed by atoms with Crippen molar-refractivity contribution in [3.8, 4) is 0 Å². The number of likely N-dealkylation sites (N-methyl/N-ethyl adjacent to an activating group) is 1. The highest BCUT2D eigenvalue weighted by Gasteiger charge is 2.29. The molecule has 1 aliphatic heterocycles. The Balaban J connectivity index is 2.28. The zero-order valence-electron chi connectivity index (χ0n) is 12.1. The van der Waals surface area contributed by atoms with E-state index < -0.39 is 5.54 Å². The number of methoxy groups -OCH3 is 1. The summed E-state index contributed by atoms with van der Waals surface area (Å²) in [5.41, 5.74) is 5.08. The molecule has 106 valence electrons. The van der Waals surface area contributed by atoms with Crippen LogP contribution in [0.15, 0.2) is 0 Å². The summed E-state index contributed by atoms with van der Waals surface area (Å²) < 4.78 is 4.70. The van der Waals surface area contributed by atoms with Crippen molar-refractivity contribution in [2.45, 2.75) is 38.3 Å². The third kappa shape index (κ3) is 4.23. The highest BCUT2D eigenvalue weighted by atomic mass is 16.5. The van der Waals surface area contributed by atoms with E-state index in [0.29, 0.717) is 12.5 Å². The van der Waals surface area contributed by atoms with E-state index in [4.69, 9.17) is 10.5 Å². The van der Waals surface area contributed by atoms with Crippen LogP contribution in [0.25, 0.3) is 0 Å². The van der Waals surface area contributed by atoms with E-state index in [0.717, 1.165) is 32.6 Å². The first-order valence-corrected chi connectivity index (χ1v) is 6.66. The van der Waals surface area contributed by atoms with Crippen molar-refractivity contribution in [2.75, 3.05) is 40.3 Å². The minimum Gasteiger partial charge on any atom is -0.468 e. The van der Waals surface area contributed by atoms with Gasteiger partial charge < -0.3 is 20.3 Å². The molecule has 1 saturated heterocycles. The van der Waals surface area contributed by atoms with Gasteiger partial charge in [0.05, 0.1) is 7.11 Å². The van der Waals surface area contributed by atoms with E-state index in [1.807, 2.05) is 0 Å². The summed E-state index contributed by atoms with van der Waals surface area (Å²) in [6.45, 7) is 8.29. The summed E-state index contributed by atoms with van der Waals surface area (Å²) in [6, 6.07) is 0.601. The van der Waals surface area contributed by atoms with Gasteiger partial charge in [-0.05, 0) is 40.3 Å². The number of nitrogens with two attached hydrogens (primary N) is 1. The molecule has 1 rings (SSSR count). The van der Waals surface area contributed by atoms with Crippen LogP contribution in [0.5, 0.6) is 0 Å². The number of nitrogens with zero attached hydrogens (tertiary/aromatic N) is 2. The quantitative estimate of drug-likeness (QED) is 0.718. The number of carbonyl (C=O) groups excluding carboxylic acids is 1. The molecule has 1 aliphatic rings. The Morgan fingerprint density at radius 3 is 2.72 bits per heavy atom. The molecule has 0 radical (unpaired) electrons. The molecule has 1 heterocycles. The second-order valence-electron chi connectivity index (χ2n) is 5.64. The Morgan fingerprint density at radius 2 is 2.17 bits per heavy atom. The van der Waals surface area contributed by atoms with E-state index >= 15 is 0 Å². The molecular formula is C13H27N3O2. The van der Waals surface area contributed by atoms with E-state index in [2.05, 4.69) is 23.8 Å². The van der Waals surface area contributed by atoms with Gasteiger partial charge in [0, 0.05) is 25.7 Å². The molecule has 1 fully saturated rings. The summed E-state index contributed by atoms with van der Waals surface area (Å²) in [5, 5.41) is 0. The lowest BCUT2D eigenvalue weighted by Crippen LogP contribution is -2.51. The van der Waals surface area contributed by atoms with Crippen molar-refractivity contribution in [3.63, 3.8) is 0 Å². The molecule has 0 aromatic rings.